The molecule has 0 saturated heterocycles. The Bertz CT molecular complexity index is 651. The first-order valence-electron chi connectivity index (χ1n) is 8.07. The van der Waals surface area contributed by atoms with Gasteiger partial charge in [-0.25, -0.2) is 0 Å². The number of hydrogen-bond acceptors (Lipinski definition) is 3. The highest BCUT2D eigenvalue weighted by Gasteiger charge is 2.10. The minimum atomic E-state index is -0.138. The number of carbonyl (C=O) groups excluding carboxylic acids is 1. The fraction of sp³-hybridized carbons (Fsp3) is 0.316. The van der Waals surface area contributed by atoms with Crippen LogP contribution in [0.5, 0.6) is 0 Å². The SMILES string of the molecule is CCN(CC)Cc1ccccc1CNC(=O)c1ccccc1N. The molecule has 0 aliphatic carbocycles. The van der Waals surface area contributed by atoms with Crippen LogP contribution in [0.25, 0.3) is 0 Å². The van der Waals surface area contributed by atoms with Crippen LogP contribution in [-0.2, 0) is 13.1 Å². The van der Waals surface area contributed by atoms with Gasteiger partial charge < -0.3 is 11.1 Å². The molecular formula is C19H25N3O. The van der Waals surface area contributed by atoms with Crippen molar-refractivity contribution in [3.63, 3.8) is 0 Å². The maximum Gasteiger partial charge on any atom is 0.253 e. The molecule has 0 unspecified atom stereocenters. The largest absolute Gasteiger partial charge is 0.398 e. The van der Waals surface area contributed by atoms with Crippen LogP contribution in [0.1, 0.15) is 35.3 Å². The average molecular weight is 311 g/mol. The highest BCUT2D eigenvalue weighted by Crippen LogP contribution is 2.13. The number of para-hydroxylation sites is 1. The predicted molar refractivity (Wildman–Crippen MR) is 95.1 cm³/mol. The molecule has 0 aliphatic heterocycles. The van der Waals surface area contributed by atoms with Gasteiger partial charge in [-0.15, -0.1) is 0 Å². The maximum atomic E-state index is 12.3. The number of hydrogen-bond donors (Lipinski definition) is 2. The van der Waals surface area contributed by atoms with Crippen molar-refractivity contribution in [3.8, 4) is 0 Å². The Morgan fingerprint density at radius 2 is 1.61 bits per heavy atom. The minimum absolute atomic E-state index is 0.138. The molecule has 0 radical (unpaired) electrons. The lowest BCUT2D eigenvalue weighted by Crippen LogP contribution is -2.26. The summed E-state index contributed by atoms with van der Waals surface area (Å²) in [4.78, 5) is 14.6. The molecule has 3 N–H and O–H groups in total. The molecule has 4 nitrogen and oxygen atoms in total. The lowest BCUT2D eigenvalue weighted by atomic mass is 10.1. The van der Waals surface area contributed by atoms with Crippen molar-refractivity contribution in [2.75, 3.05) is 18.8 Å². The molecule has 2 rings (SSSR count). The Kier molecular flexibility index (Phi) is 6.18. The first-order valence-corrected chi connectivity index (χ1v) is 8.07. The van der Waals surface area contributed by atoms with Crippen LogP contribution >= 0.6 is 0 Å². The van der Waals surface area contributed by atoms with Crippen LogP contribution in [-0.4, -0.2) is 23.9 Å². The molecule has 23 heavy (non-hydrogen) atoms. The Morgan fingerprint density at radius 3 is 2.26 bits per heavy atom. The number of nitrogens with two attached hydrogens (primary N) is 1. The first kappa shape index (κ1) is 17.0. The second-order valence-electron chi connectivity index (χ2n) is 5.50. The van der Waals surface area contributed by atoms with Crippen LogP contribution in [0, 0.1) is 0 Å². The van der Waals surface area contributed by atoms with Crippen molar-refractivity contribution < 1.29 is 4.79 Å². The third kappa shape index (κ3) is 4.57. The lowest BCUT2D eigenvalue weighted by Gasteiger charge is -2.20. The Morgan fingerprint density at radius 1 is 1.00 bits per heavy atom. The molecule has 122 valence electrons. The van der Waals surface area contributed by atoms with E-state index in [2.05, 4.69) is 36.2 Å². The third-order valence-electron chi connectivity index (χ3n) is 4.05. The zero-order valence-electron chi connectivity index (χ0n) is 13.9. The number of nitrogen functional groups attached to an aromatic ring is 1. The molecule has 0 saturated carbocycles. The minimum Gasteiger partial charge on any atom is -0.398 e. The molecule has 0 bridgehead atoms. The number of benzene rings is 2. The van der Waals surface area contributed by atoms with Crippen LogP contribution < -0.4 is 11.1 Å². The van der Waals surface area contributed by atoms with Crippen molar-refractivity contribution in [1.82, 2.24) is 10.2 Å². The number of carbonyl (C=O) groups is 1. The zero-order valence-corrected chi connectivity index (χ0v) is 13.9. The van der Waals surface area contributed by atoms with Gasteiger partial charge in [0, 0.05) is 18.8 Å². The van der Waals surface area contributed by atoms with E-state index in [9.17, 15) is 4.79 Å². The van der Waals surface area contributed by atoms with Crippen molar-refractivity contribution in [2.45, 2.75) is 26.9 Å². The Hall–Kier alpha value is -2.33. The quantitative estimate of drug-likeness (QED) is 0.773. The van der Waals surface area contributed by atoms with E-state index in [0.717, 1.165) is 25.2 Å². The second-order valence-corrected chi connectivity index (χ2v) is 5.50. The number of nitrogens with zero attached hydrogens (tertiary/aromatic N) is 1. The van der Waals surface area contributed by atoms with Gasteiger partial charge in [-0.05, 0) is 36.3 Å². The van der Waals surface area contributed by atoms with Gasteiger partial charge in [0.25, 0.3) is 5.91 Å². The van der Waals surface area contributed by atoms with Gasteiger partial charge >= 0.3 is 0 Å². The number of nitrogens with one attached hydrogen (secondary N) is 1. The molecular weight excluding hydrogens is 286 g/mol. The summed E-state index contributed by atoms with van der Waals surface area (Å²) >= 11 is 0. The smallest absolute Gasteiger partial charge is 0.253 e. The first-order chi connectivity index (χ1) is 11.2. The summed E-state index contributed by atoms with van der Waals surface area (Å²) in [6.07, 6.45) is 0. The van der Waals surface area contributed by atoms with E-state index < -0.39 is 0 Å². The van der Waals surface area contributed by atoms with Crippen molar-refractivity contribution >= 4 is 11.6 Å². The van der Waals surface area contributed by atoms with Gasteiger partial charge in [-0.1, -0.05) is 50.2 Å². The summed E-state index contributed by atoms with van der Waals surface area (Å²) in [6, 6.07) is 15.4. The van der Waals surface area contributed by atoms with Gasteiger partial charge in [0.1, 0.15) is 0 Å². The van der Waals surface area contributed by atoms with Crippen LogP contribution in [0.2, 0.25) is 0 Å². The fourth-order valence-corrected chi connectivity index (χ4v) is 2.55. The van der Waals surface area contributed by atoms with E-state index in [1.165, 1.54) is 5.56 Å². The van der Waals surface area contributed by atoms with Crippen molar-refractivity contribution in [2.24, 2.45) is 0 Å². The molecule has 2 aromatic carbocycles. The molecule has 4 heteroatoms. The molecule has 0 spiro atoms. The van der Waals surface area contributed by atoms with Gasteiger partial charge in [-0.3, -0.25) is 9.69 Å². The molecule has 0 aromatic heterocycles. The highest BCUT2D eigenvalue weighted by molar-refractivity contribution is 5.99. The van der Waals surface area contributed by atoms with E-state index in [4.69, 9.17) is 5.73 Å². The van der Waals surface area contributed by atoms with Crippen molar-refractivity contribution in [3.05, 3.63) is 65.2 Å². The monoisotopic (exact) mass is 311 g/mol. The molecule has 2 aromatic rings. The van der Waals surface area contributed by atoms with E-state index in [0.29, 0.717) is 17.8 Å². The Balaban J connectivity index is 2.06. The van der Waals surface area contributed by atoms with E-state index in [1.807, 2.05) is 24.3 Å². The lowest BCUT2D eigenvalue weighted by molar-refractivity contribution is 0.0951. The van der Waals surface area contributed by atoms with Crippen LogP contribution in [0.3, 0.4) is 0 Å². The normalized spacial score (nSPS) is 10.7. The topological polar surface area (TPSA) is 58.4 Å². The summed E-state index contributed by atoms with van der Waals surface area (Å²) in [7, 11) is 0. The van der Waals surface area contributed by atoms with Gasteiger partial charge in [0.15, 0.2) is 0 Å². The van der Waals surface area contributed by atoms with E-state index >= 15 is 0 Å². The van der Waals surface area contributed by atoms with Crippen molar-refractivity contribution in [1.29, 1.82) is 0 Å². The summed E-state index contributed by atoms with van der Waals surface area (Å²) in [6.45, 7) is 7.74. The standard InChI is InChI=1S/C19H25N3O/c1-3-22(4-2)14-16-10-6-5-9-15(16)13-21-19(23)17-11-7-8-12-18(17)20/h5-12H,3-4,13-14,20H2,1-2H3,(H,21,23). The van der Waals surface area contributed by atoms with Gasteiger partial charge in [0.2, 0.25) is 0 Å². The Labute approximate surface area is 138 Å². The predicted octanol–water partition coefficient (Wildman–Crippen LogP) is 3.04. The number of rotatable bonds is 7. The summed E-state index contributed by atoms with van der Waals surface area (Å²) < 4.78 is 0. The van der Waals surface area contributed by atoms with E-state index in [1.54, 1.807) is 12.1 Å². The second kappa shape index (κ2) is 8.34. The zero-order chi connectivity index (χ0) is 16.7. The summed E-state index contributed by atoms with van der Waals surface area (Å²) in [5, 5.41) is 2.97. The van der Waals surface area contributed by atoms with Crippen LogP contribution in [0.15, 0.2) is 48.5 Å². The highest BCUT2D eigenvalue weighted by atomic mass is 16.1. The molecule has 0 fully saturated rings. The van der Waals surface area contributed by atoms with E-state index in [-0.39, 0.29) is 5.91 Å². The maximum absolute atomic E-state index is 12.3. The molecule has 0 atom stereocenters. The molecule has 0 heterocycles. The number of anilines is 1. The van der Waals surface area contributed by atoms with Gasteiger partial charge in [-0.2, -0.15) is 0 Å². The fourth-order valence-electron chi connectivity index (χ4n) is 2.55. The molecule has 1 amide bonds. The van der Waals surface area contributed by atoms with Gasteiger partial charge in [0.05, 0.1) is 5.56 Å². The summed E-state index contributed by atoms with van der Waals surface area (Å²) in [5.74, 6) is -0.138. The molecule has 0 aliphatic rings. The van der Waals surface area contributed by atoms with Crippen LogP contribution in [0.4, 0.5) is 5.69 Å². The average Bonchev–Trinajstić information content (AvgIpc) is 2.58. The summed E-state index contributed by atoms with van der Waals surface area (Å²) in [5.41, 5.74) is 9.27. The number of amides is 1. The third-order valence-corrected chi connectivity index (χ3v) is 4.05.